The molecule has 0 atom stereocenters. The molecule has 0 saturated heterocycles. The number of aromatic nitrogens is 2. The molecule has 1 aromatic carbocycles. The number of halogens is 2. The standard InChI is InChI=1S/C15H18F2N2O/c1-10(2)12-5-4-11(3)13(8-12)20-9-14-18-6-7-19(14)15(16)17/h4-8,10,15H,9H2,1-3H3. The summed E-state index contributed by atoms with van der Waals surface area (Å²) in [6.07, 6.45) is 2.60. The average Bonchev–Trinajstić information content (AvgIpc) is 2.86. The van der Waals surface area contributed by atoms with Crippen LogP contribution in [0.4, 0.5) is 8.78 Å². The molecule has 2 aromatic rings. The van der Waals surface area contributed by atoms with E-state index in [1.807, 2.05) is 25.1 Å². The Bertz CT molecular complexity index is 579. The van der Waals surface area contributed by atoms with Gasteiger partial charge < -0.3 is 4.74 Å². The number of rotatable bonds is 5. The van der Waals surface area contributed by atoms with Crippen molar-refractivity contribution < 1.29 is 13.5 Å². The fourth-order valence-corrected chi connectivity index (χ4v) is 1.91. The van der Waals surface area contributed by atoms with E-state index < -0.39 is 6.55 Å². The van der Waals surface area contributed by atoms with Crippen molar-refractivity contribution in [1.29, 1.82) is 0 Å². The molecule has 20 heavy (non-hydrogen) atoms. The second-order valence-electron chi connectivity index (χ2n) is 5.00. The first-order valence-electron chi connectivity index (χ1n) is 6.52. The molecule has 1 heterocycles. The predicted octanol–water partition coefficient (Wildman–Crippen LogP) is 4.29. The lowest BCUT2D eigenvalue weighted by Gasteiger charge is -2.13. The van der Waals surface area contributed by atoms with Crippen LogP contribution in [0.1, 0.15) is 43.3 Å². The Hall–Kier alpha value is -1.91. The highest BCUT2D eigenvalue weighted by molar-refractivity contribution is 5.37. The summed E-state index contributed by atoms with van der Waals surface area (Å²) in [5.74, 6) is 1.32. The number of imidazole rings is 1. The number of hydrogen-bond acceptors (Lipinski definition) is 2. The monoisotopic (exact) mass is 280 g/mol. The molecular formula is C15H18F2N2O. The van der Waals surface area contributed by atoms with Gasteiger partial charge in [-0.2, -0.15) is 8.78 Å². The van der Waals surface area contributed by atoms with E-state index in [0.29, 0.717) is 11.7 Å². The van der Waals surface area contributed by atoms with Gasteiger partial charge in [-0.15, -0.1) is 0 Å². The van der Waals surface area contributed by atoms with Crippen LogP contribution in [-0.2, 0) is 6.61 Å². The van der Waals surface area contributed by atoms with Gasteiger partial charge in [-0.25, -0.2) is 4.98 Å². The van der Waals surface area contributed by atoms with Gasteiger partial charge in [0.1, 0.15) is 12.4 Å². The van der Waals surface area contributed by atoms with E-state index in [1.54, 1.807) is 0 Å². The average molecular weight is 280 g/mol. The fourth-order valence-electron chi connectivity index (χ4n) is 1.91. The second kappa shape index (κ2) is 6.03. The Morgan fingerprint density at radius 2 is 2.05 bits per heavy atom. The van der Waals surface area contributed by atoms with Gasteiger partial charge in [-0.05, 0) is 30.0 Å². The summed E-state index contributed by atoms with van der Waals surface area (Å²) in [7, 11) is 0. The molecule has 0 unspecified atom stereocenters. The maximum atomic E-state index is 12.7. The Balaban J connectivity index is 2.14. The van der Waals surface area contributed by atoms with Crippen LogP contribution in [0.2, 0.25) is 0 Å². The Morgan fingerprint density at radius 1 is 1.30 bits per heavy atom. The molecule has 0 spiro atoms. The third-order valence-corrected chi connectivity index (χ3v) is 3.19. The lowest BCUT2D eigenvalue weighted by atomic mass is 10.0. The molecule has 0 bridgehead atoms. The summed E-state index contributed by atoms with van der Waals surface area (Å²) < 4.78 is 31.9. The van der Waals surface area contributed by atoms with Gasteiger partial charge in [-0.1, -0.05) is 26.0 Å². The van der Waals surface area contributed by atoms with Crippen molar-refractivity contribution in [2.75, 3.05) is 0 Å². The molecule has 0 saturated carbocycles. The van der Waals surface area contributed by atoms with Gasteiger partial charge >= 0.3 is 6.55 Å². The predicted molar refractivity (Wildman–Crippen MR) is 73.1 cm³/mol. The van der Waals surface area contributed by atoms with Crippen LogP contribution < -0.4 is 4.74 Å². The highest BCUT2D eigenvalue weighted by Crippen LogP contribution is 2.25. The van der Waals surface area contributed by atoms with E-state index in [9.17, 15) is 8.78 Å². The molecule has 0 aliphatic heterocycles. The first-order valence-corrected chi connectivity index (χ1v) is 6.52. The first kappa shape index (κ1) is 14.5. The molecule has 1 aromatic heterocycles. The zero-order valence-corrected chi connectivity index (χ0v) is 11.8. The molecule has 0 aliphatic carbocycles. The molecule has 2 rings (SSSR count). The topological polar surface area (TPSA) is 27.1 Å². The number of ether oxygens (including phenoxy) is 1. The summed E-state index contributed by atoms with van der Waals surface area (Å²) in [5.41, 5.74) is 2.13. The van der Waals surface area contributed by atoms with Crippen LogP contribution >= 0.6 is 0 Å². The smallest absolute Gasteiger partial charge is 0.320 e. The van der Waals surface area contributed by atoms with Crippen LogP contribution in [0.15, 0.2) is 30.6 Å². The van der Waals surface area contributed by atoms with E-state index in [2.05, 4.69) is 18.8 Å². The molecule has 0 fully saturated rings. The van der Waals surface area contributed by atoms with Crippen molar-refractivity contribution in [2.45, 2.75) is 39.8 Å². The van der Waals surface area contributed by atoms with Crippen LogP contribution in [0.25, 0.3) is 0 Å². The summed E-state index contributed by atoms with van der Waals surface area (Å²) in [6, 6.07) is 5.98. The van der Waals surface area contributed by atoms with Crippen molar-refractivity contribution in [3.05, 3.63) is 47.5 Å². The Kier molecular flexibility index (Phi) is 4.37. The molecule has 0 amide bonds. The van der Waals surface area contributed by atoms with Crippen molar-refractivity contribution in [3.8, 4) is 5.75 Å². The molecule has 5 heteroatoms. The zero-order valence-electron chi connectivity index (χ0n) is 11.8. The number of nitrogens with zero attached hydrogens (tertiary/aromatic N) is 2. The quantitative estimate of drug-likeness (QED) is 0.817. The zero-order chi connectivity index (χ0) is 14.7. The lowest BCUT2D eigenvalue weighted by Crippen LogP contribution is -2.08. The van der Waals surface area contributed by atoms with E-state index >= 15 is 0 Å². The van der Waals surface area contributed by atoms with Gasteiger partial charge in [0.2, 0.25) is 0 Å². The number of alkyl halides is 2. The maximum absolute atomic E-state index is 12.7. The highest BCUT2D eigenvalue weighted by Gasteiger charge is 2.12. The minimum absolute atomic E-state index is 0.0275. The number of benzene rings is 1. The minimum Gasteiger partial charge on any atom is -0.485 e. The van der Waals surface area contributed by atoms with Crippen molar-refractivity contribution in [3.63, 3.8) is 0 Å². The Labute approximate surface area is 117 Å². The molecule has 0 N–H and O–H groups in total. The van der Waals surface area contributed by atoms with Gasteiger partial charge in [0, 0.05) is 12.4 Å². The fraction of sp³-hybridized carbons (Fsp3) is 0.400. The van der Waals surface area contributed by atoms with Crippen LogP contribution in [0, 0.1) is 6.92 Å². The van der Waals surface area contributed by atoms with E-state index in [1.165, 1.54) is 12.4 Å². The molecule has 3 nitrogen and oxygen atoms in total. The summed E-state index contributed by atoms with van der Waals surface area (Å²) in [5, 5.41) is 0. The van der Waals surface area contributed by atoms with Crippen molar-refractivity contribution >= 4 is 0 Å². The van der Waals surface area contributed by atoms with E-state index in [4.69, 9.17) is 4.74 Å². The van der Waals surface area contributed by atoms with Crippen molar-refractivity contribution in [1.82, 2.24) is 9.55 Å². The van der Waals surface area contributed by atoms with Crippen LogP contribution in [0.5, 0.6) is 5.75 Å². The van der Waals surface area contributed by atoms with E-state index in [0.717, 1.165) is 15.7 Å². The molecule has 108 valence electrons. The summed E-state index contributed by atoms with van der Waals surface area (Å²) in [4.78, 5) is 3.90. The van der Waals surface area contributed by atoms with Crippen LogP contribution in [-0.4, -0.2) is 9.55 Å². The van der Waals surface area contributed by atoms with Gasteiger partial charge in [0.05, 0.1) is 0 Å². The van der Waals surface area contributed by atoms with Gasteiger partial charge in [0.15, 0.2) is 5.82 Å². The number of aryl methyl sites for hydroxylation is 1. The van der Waals surface area contributed by atoms with Gasteiger partial charge in [-0.3, -0.25) is 4.57 Å². The largest absolute Gasteiger partial charge is 0.485 e. The second-order valence-corrected chi connectivity index (χ2v) is 5.00. The highest BCUT2D eigenvalue weighted by atomic mass is 19.3. The van der Waals surface area contributed by atoms with E-state index in [-0.39, 0.29) is 12.4 Å². The third-order valence-electron chi connectivity index (χ3n) is 3.19. The maximum Gasteiger partial charge on any atom is 0.320 e. The summed E-state index contributed by atoms with van der Waals surface area (Å²) in [6.45, 7) is 3.55. The van der Waals surface area contributed by atoms with Gasteiger partial charge in [0.25, 0.3) is 0 Å². The Morgan fingerprint density at radius 3 is 2.70 bits per heavy atom. The van der Waals surface area contributed by atoms with Crippen molar-refractivity contribution in [2.24, 2.45) is 0 Å². The normalized spacial score (nSPS) is 11.3. The molecule has 0 aliphatic rings. The summed E-state index contributed by atoms with van der Waals surface area (Å²) >= 11 is 0. The molecular weight excluding hydrogens is 262 g/mol. The molecule has 0 radical (unpaired) electrons. The minimum atomic E-state index is -2.60. The number of hydrogen-bond donors (Lipinski definition) is 0. The lowest BCUT2D eigenvalue weighted by molar-refractivity contribution is 0.0632. The SMILES string of the molecule is Cc1ccc(C(C)C)cc1OCc1nccn1C(F)F. The van der Waals surface area contributed by atoms with Crippen LogP contribution in [0.3, 0.4) is 0 Å². The first-order chi connectivity index (χ1) is 9.49. The third kappa shape index (κ3) is 3.15.